The van der Waals surface area contributed by atoms with E-state index in [2.05, 4.69) is 73.7 Å². The summed E-state index contributed by atoms with van der Waals surface area (Å²) in [6, 6.07) is 24.6. The second-order valence-electron chi connectivity index (χ2n) is 7.66. The summed E-state index contributed by atoms with van der Waals surface area (Å²) in [6.45, 7) is 2.23. The summed E-state index contributed by atoms with van der Waals surface area (Å²) in [6.07, 6.45) is 8.88. The van der Waals surface area contributed by atoms with Gasteiger partial charge >= 0.3 is 0 Å². The van der Waals surface area contributed by atoms with E-state index in [9.17, 15) is 5.26 Å². The number of rotatable bonds is 6. The third-order valence-corrected chi connectivity index (χ3v) is 6.21. The first-order chi connectivity index (χ1) is 12.2. The molecule has 0 unspecified atom stereocenters. The van der Waals surface area contributed by atoms with Crippen LogP contribution in [-0.2, 0) is 5.41 Å². The van der Waals surface area contributed by atoms with Crippen molar-refractivity contribution in [3.63, 3.8) is 0 Å². The van der Waals surface area contributed by atoms with E-state index >= 15 is 0 Å². The SMILES string of the molecule is CCCCCC1(C#N)CCC(c2ccccc2)(c2ccccc2)CC1. The second kappa shape index (κ2) is 7.87. The van der Waals surface area contributed by atoms with Gasteiger partial charge < -0.3 is 0 Å². The van der Waals surface area contributed by atoms with Crippen molar-refractivity contribution in [2.75, 3.05) is 0 Å². The fraction of sp³-hybridized carbons (Fsp3) is 0.458. The lowest BCUT2D eigenvalue weighted by molar-refractivity contribution is 0.186. The molecule has 0 aliphatic heterocycles. The Morgan fingerprint density at radius 1 is 0.800 bits per heavy atom. The minimum Gasteiger partial charge on any atom is -0.198 e. The van der Waals surface area contributed by atoms with Crippen LogP contribution in [0.3, 0.4) is 0 Å². The van der Waals surface area contributed by atoms with Crippen molar-refractivity contribution in [2.24, 2.45) is 5.41 Å². The number of nitriles is 1. The highest BCUT2D eigenvalue weighted by molar-refractivity contribution is 5.40. The van der Waals surface area contributed by atoms with E-state index in [1.54, 1.807) is 0 Å². The van der Waals surface area contributed by atoms with Gasteiger partial charge in [0, 0.05) is 5.41 Å². The van der Waals surface area contributed by atoms with Gasteiger partial charge in [0.1, 0.15) is 0 Å². The topological polar surface area (TPSA) is 23.8 Å². The van der Waals surface area contributed by atoms with Crippen LogP contribution in [0.25, 0.3) is 0 Å². The molecule has 0 heterocycles. The second-order valence-corrected chi connectivity index (χ2v) is 7.66. The zero-order valence-electron chi connectivity index (χ0n) is 15.4. The van der Waals surface area contributed by atoms with Crippen LogP contribution in [0.5, 0.6) is 0 Å². The molecule has 2 aromatic carbocycles. The Balaban J connectivity index is 1.89. The van der Waals surface area contributed by atoms with E-state index in [1.165, 1.54) is 30.4 Å². The fourth-order valence-electron chi connectivity index (χ4n) is 4.54. The summed E-state index contributed by atoms with van der Waals surface area (Å²) >= 11 is 0. The Hall–Kier alpha value is -2.07. The Bertz CT molecular complexity index is 646. The minimum absolute atomic E-state index is 0.0631. The average molecular weight is 332 g/mol. The van der Waals surface area contributed by atoms with E-state index in [-0.39, 0.29) is 10.8 Å². The summed E-state index contributed by atoms with van der Waals surface area (Å²) in [4.78, 5) is 0. The van der Waals surface area contributed by atoms with Crippen molar-refractivity contribution in [1.29, 1.82) is 5.26 Å². The van der Waals surface area contributed by atoms with Crippen LogP contribution < -0.4 is 0 Å². The van der Waals surface area contributed by atoms with Crippen molar-refractivity contribution < 1.29 is 0 Å². The summed E-state index contributed by atoms with van der Waals surface area (Å²) in [7, 11) is 0. The first-order valence-electron chi connectivity index (χ1n) is 9.77. The van der Waals surface area contributed by atoms with Crippen LogP contribution >= 0.6 is 0 Å². The predicted octanol–water partition coefficient (Wildman–Crippen LogP) is 6.64. The molecule has 1 aliphatic rings. The van der Waals surface area contributed by atoms with Gasteiger partial charge in [0.05, 0.1) is 11.5 Å². The van der Waals surface area contributed by atoms with Gasteiger partial charge in [-0.2, -0.15) is 5.26 Å². The lowest BCUT2D eigenvalue weighted by Gasteiger charge is -2.44. The van der Waals surface area contributed by atoms with Crippen molar-refractivity contribution in [1.82, 2.24) is 0 Å². The van der Waals surface area contributed by atoms with Crippen LogP contribution in [-0.4, -0.2) is 0 Å². The molecular weight excluding hydrogens is 302 g/mol. The maximum absolute atomic E-state index is 9.90. The molecular formula is C24H29N. The average Bonchev–Trinajstić information content (AvgIpc) is 2.70. The smallest absolute Gasteiger partial charge is 0.0689 e. The highest BCUT2D eigenvalue weighted by atomic mass is 14.5. The number of hydrogen-bond donors (Lipinski definition) is 0. The van der Waals surface area contributed by atoms with Gasteiger partial charge in [-0.25, -0.2) is 0 Å². The molecule has 0 spiro atoms. The summed E-state index contributed by atoms with van der Waals surface area (Å²) in [5.41, 5.74) is 2.76. The monoisotopic (exact) mass is 331 g/mol. The van der Waals surface area contributed by atoms with Gasteiger partial charge in [0.25, 0.3) is 0 Å². The minimum atomic E-state index is -0.109. The first-order valence-corrected chi connectivity index (χ1v) is 9.77. The summed E-state index contributed by atoms with van der Waals surface area (Å²) in [5, 5.41) is 9.90. The molecule has 1 saturated carbocycles. The van der Waals surface area contributed by atoms with E-state index in [0.29, 0.717) is 0 Å². The van der Waals surface area contributed by atoms with Crippen molar-refractivity contribution in [3.05, 3.63) is 71.8 Å². The Labute approximate surface area is 152 Å². The molecule has 0 atom stereocenters. The zero-order valence-corrected chi connectivity index (χ0v) is 15.4. The lowest BCUT2D eigenvalue weighted by atomic mass is 9.58. The third kappa shape index (κ3) is 3.64. The molecule has 1 heteroatoms. The standard InChI is InChI=1S/C24H29N/c1-2-3-10-15-23(20-25)16-18-24(19-17-23,21-11-6-4-7-12-21)22-13-8-5-9-14-22/h4-9,11-14H,2-3,10,15-19H2,1H3. The molecule has 0 amide bonds. The molecule has 2 aromatic rings. The molecule has 25 heavy (non-hydrogen) atoms. The molecule has 1 aliphatic carbocycles. The van der Waals surface area contributed by atoms with Crippen LogP contribution in [0.2, 0.25) is 0 Å². The molecule has 130 valence electrons. The highest BCUT2D eigenvalue weighted by Gasteiger charge is 2.44. The molecule has 0 N–H and O–H groups in total. The van der Waals surface area contributed by atoms with Crippen LogP contribution in [0.15, 0.2) is 60.7 Å². The Morgan fingerprint density at radius 3 is 1.76 bits per heavy atom. The van der Waals surface area contributed by atoms with Gasteiger partial charge in [-0.05, 0) is 43.2 Å². The highest BCUT2D eigenvalue weighted by Crippen LogP contribution is 2.52. The summed E-state index contributed by atoms with van der Waals surface area (Å²) < 4.78 is 0. The molecule has 0 radical (unpaired) electrons. The number of hydrogen-bond acceptors (Lipinski definition) is 1. The molecule has 0 saturated heterocycles. The molecule has 3 rings (SSSR count). The van der Waals surface area contributed by atoms with Crippen molar-refractivity contribution in [2.45, 2.75) is 63.7 Å². The normalized spacial score (nSPS) is 18.4. The van der Waals surface area contributed by atoms with Gasteiger partial charge in [0.2, 0.25) is 0 Å². The van der Waals surface area contributed by atoms with E-state index < -0.39 is 0 Å². The number of nitrogens with zero attached hydrogens (tertiary/aromatic N) is 1. The van der Waals surface area contributed by atoms with E-state index in [4.69, 9.17) is 0 Å². The Morgan fingerprint density at radius 2 is 1.32 bits per heavy atom. The maximum atomic E-state index is 9.90. The number of unbranched alkanes of at least 4 members (excludes halogenated alkanes) is 2. The Kier molecular flexibility index (Phi) is 5.59. The van der Waals surface area contributed by atoms with Crippen molar-refractivity contribution >= 4 is 0 Å². The molecule has 1 fully saturated rings. The van der Waals surface area contributed by atoms with Gasteiger partial charge in [0.15, 0.2) is 0 Å². The van der Waals surface area contributed by atoms with E-state index in [0.717, 1.165) is 32.1 Å². The van der Waals surface area contributed by atoms with Crippen molar-refractivity contribution in [3.8, 4) is 6.07 Å². The first kappa shape index (κ1) is 17.7. The van der Waals surface area contributed by atoms with Crippen LogP contribution in [0.4, 0.5) is 0 Å². The van der Waals surface area contributed by atoms with Crippen LogP contribution in [0.1, 0.15) is 69.4 Å². The van der Waals surface area contributed by atoms with Gasteiger partial charge in [-0.15, -0.1) is 0 Å². The summed E-state index contributed by atoms with van der Waals surface area (Å²) in [5.74, 6) is 0. The zero-order chi connectivity index (χ0) is 17.6. The molecule has 0 aromatic heterocycles. The molecule has 0 bridgehead atoms. The largest absolute Gasteiger partial charge is 0.198 e. The van der Waals surface area contributed by atoms with E-state index in [1.807, 2.05) is 0 Å². The van der Waals surface area contributed by atoms with Crippen LogP contribution in [0, 0.1) is 16.7 Å². The predicted molar refractivity (Wildman–Crippen MR) is 104 cm³/mol. The third-order valence-electron chi connectivity index (χ3n) is 6.21. The lowest BCUT2D eigenvalue weighted by Crippen LogP contribution is -2.37. The maximum Gasteiger partial charge on any atom is 0.0689 e. The fourth-order valence-corrected chi connectivity index (χ4v) is 4.54. The number of benzene rings is 2. The quantitative estimate of drug-likeness (QED) is 0.544. The van der Waals surface area contributed by atoms with Gasteiger partial charge in [-0.1, -0.05) is 86.8 Å². The molecule has 1 nitrogen and oxygen atoms in total. The van der Waals surface area contributed by atoms with Gasteiger partial charge in [-0.3, -0.25) is 0 Å².